The van der Waals surface area contributed by atoms with E-state index in [1.807, 2.05) is 0 Å². The van der Waals surface area contributed by atoms with Crippen LogP contribution in [0.2, 0.25) is 0 Å². The summed E-state index contributed by atoms with van der Waals surface area (Å²) >= 11 is 0. The first kappa shape index (κ1) is 15.8. The van der Waals surface area contributed by atoms with Gasteiger partial charge in [-0.1, -0.05) is 0 Å². The molecule has 1 N–H and O–H groups in total. The van der Waals surface area contributed by atoms with Crippen LogP contribution in [0, 0.1) is 5.82 Å². The van der Waals surface area contributed by atoms with Crippen LogP contribution in [0.25, 0.3) is 0 Å². The first-order valence-electron chi connectivity index (χ1n) is 6.15. The van der Waals surface area contributed by atoms with Crippen molar-refractivity contribution >= 4 is 27.6 Å². The average Bonchev–Trinajstić information content (AvgIpc) is 2.49. The third kappa shape index (κ3) is 3.19. The Labute approximate surface area is 126 Å². The topological polar surface area (TPSA) is 92.3 Å². The predicted molar refractivity (Wildman–Crippen MR) is 78.3 cm³/mol. The monoisotopic (exact) mass is 324 g/mol. The molecule has 0 unspecified atom stereocenters. The number of halogens is 1. The quantitative estimate of drug-likeness (QED) is 0.918. The molecule has 116 valence electrons. The zero-order valence-electron chi connectivity index (χ0n) is 11.8. The number of benzene rings is 1. The van der Waals surface area contributed by atoms with E-state index < -0.39 is 21.7 Å². The normalized spacial score (nSPS) is 11.0. The zero-order chi connectivity index (χ0) is 16.3. The highest BCUT2D eigenvalue weighted by Crippen LogP contribution is 2.23. The average molecular weight is 324 g/mol. The van der Waals surface area contributed by atoms with Gasteiger partial charge in [0.05, 0.1) is 10.6 Å². The van der Waals surface area contributed by atoms with Gasteiger partial charge in [-0.3, -0.25) is 4.79 Å². The van der Waals surface area contributed by atoms with Crippen molar-refractivity contribution in [1.29, 1.82) is 0 Å². The molecule has 7 nitrogen and oxygen atoms in total. The largest absolute Gasteiger partial charge is 0.324 e. The fourth-order valence-corrected chi connectivity index (χ4v) is 2.80. The summed E-state index contributed by atoms with van der Waals surface area (Å²) in [6.07, 6.45) is 2.81. The van der Waals surface area contributed by atoms with Crippen molar-refractivity contribution in [3.63, 3.8) is 0 Å². The van der Waals surface area contributed by atoms with Crippen LogP contribution >= 0.6 is 0 Å². The van der Waals surface area contributed by atoms with Gasteiger partial charge in [0, 0.05) is 26.4 Å². The van der Waals surface area contributed by atoms with E-state index in [9.17, 15) is 17.6 Å². The van der Waals surface area contributed by atoms with Gasteiger partial charge in [0.15, 0.2) is 0 Å². The van der Waals surface area contributed by atoms with Gasteiger partial charge < -0.3 is 5.32 Å². The summed E-state index contributed by atoms with van der Waals surface area (Å²) in [5.41, 5.74) is -0.212. The molecule has 0 aliphatic heterocycles. The molecular formula is C13H13FN4O3S. The molecular weight excluding hydrogens is 311 g/mol. The molecule has 2 rings (SSSR count). The van der Waals surface area contributed by atoms with Crippen molar-refractivity contribution in [3.05, 3.63) is 42.5 Å². The Hall–Kier alpha value is -2.55. The lowest BCUT2D eigenvalue weighted by Gasteiger charge is -2.17. The van der Waals surface area contributed by atoms with E-state index in [1.165, 1.54) is 26.4 Å². The van der Waals surface area contributed by atoms with Crippen molar-refractivity contribution in [2.45, 2.75) is 11.8 Å². The Kier molecular flexibility index (Phi) is 4.36. The maximum Gasteiger partial charge on any atom is 0.266 e. The minimum absolute atomic E-state index is 0.0205. The summed E-state index contributed by atoms with van der Waals surface area (Å²) in [6.45, 7) is 1.20. The third-order valence-electron chi connectivity index (χ3n) is 2.74. The van der Waals surface area contributed by atoms with Crippen LogP contribution in [0.1, 0.15) is 6.92 Å². The van der Waals surface area contributed by atoms with E-state index in [1.54, 1.807) is 6.07 Å². The maximum absolute atomic E-state index is 13.6. The molecule has 1 aromatic carbocycles. The fraction of sp³-hybridized carbons (Fsp3) is 0.154. The Morgan fingerprint density at radius 1 is 1.27 bits per heavy atom. The molecule has 9 heteroatoms. The predicted octanol–water partition coefficient (Wildman–Crippen LogP) is 1.40. The number of carbonyl (C=O) groups excluding carboxylic acids is 1. The summed E-state index contributed by atoms with van der Waals surface area (Å²) < 4.78 is 39.5. The third-order valence-corrected chi connectivity index (χ3v) is 4.47. The molecule has 2 aromatic rings. The first-order chi connectivity index (χ1) is 10.3. The second kappa shape index (κ2) is 6.06. The molecule has 0 atom stereocenters. The summed E-state index contributed by atoms with van der Waals surface area (Å²) in [4.78, 5) is 18.5. The Morgan fingerprint density at radius 2 is 1.91 bits per heavy atom. The number of nitrogens with one attached hydrogen (secondary N) is 1. The summed E-state index contributed by atoms with van der Waals surface area (Å²) in [7, 11) is -2.69. The molecule has 22 heavy (non-hydrogen) atoms. The highest BCUT2D eigenvalue weighted by atomic mass is 32.2. The molecule has 0 aliphatic rings. The van der Waals surface area contributed by atoms with Gasteiger partial charge in [-0.05, 0) is 24.3 Å². The lowest BCUT2D eigenvalue weighted by molar-refractivity contribution is -0.114. The number of rotatable bonds is 4. The highest BCUT2D eigenvalue weighted by Gasteiger charge is 2.24. The number of aromatic nitrogens is 2. The number of hydrogen-bond donors (Lipinski definition) is 1. The molecule has 0 saturated carbocycles. The van der Waals surface area contributed by atoms with Crippen molar-refractivity contribution < 1.29 is 17.6 Å². The van der Waals surface area contributed by atoms with Crippen LogP contribution in [-0.2, 0) is 14.8 Å². The van der Waals surface area contributed by atoms with Gasteiger partial charge in [-0.15, -0.1) is 0 Å². The second-order valence-corrected chi connectivity index (χ2v) is 6.31. The smallest absolute Gasteiger partial charge is 0.266 e. The van der Waals surface area contributed by atoms with Gasteiger partial charge in [-0.2, -0.15) is 0 Å². The molecule has 0 spiro atoms. The van der Waals surface area contributed by atoms with Crippen molar-refractivity contribution in [2.24, 2.45) is 0 Å². The van der Waals surface area contributed by atoms with E-state index in [2.05, 4.69) is 15.3 Å². The van der Waals surface area contributed by atoms with E-state index in [0.717, 1.165) is 22.5 Å². The number of amides is 1. The summed E-state index contributed by atoms with van der Waals surface area (Å²) in [5.74, 6) is -1.26. The Bertz CT molecular complexity index is 796. The number of carbonyl (C=O) groups is 1. The van der Waals surface area contributed by atoms with Crippen LogP contribution in [0.3, 0.4) is 0 Å². The number of anilines is 2. The van der Waals surface area contributed by atoms with Gasteiger partial charge >= 0.3 is 0 Å². The molecule has 0 fully saturated rings. The standard InChI is InChI=1S/C13H13FN4O3S/c1-9(19)17-12-8-10(4-5-11(12)14)22(20,21)18(2)13-15-6-3-7-16-13/h3-8H,1-2H3,(H,17,19). The first-order valence-corrected chi connectivity index (χ1v) is 7.59. The van der Waals surface area contributed by atoms with Crippen LogP contribution < -0.4 is 9.62 Å². The molecule has 1 amide bonds. The van der Waals surface area contributed by atoms with Gasteiger partial charge in [0.1, 0.15) is 5.82 Å². The Balaban J connectivity index is 2.43. The van der Waals surface area contributed by atoms with Crippen LogP contribution in [-0.4, -0.2) is 31.3 Å². The lowest BCUT2D eigenvalue weighted by atomic mass is 10.3. The molecule has 1 heterocycles. The summed E-state index contributed by atoms with van der Waals surface area (Å²) in [5, 5.41) is 2.24. The second-order valence-electron chi connectivity index (χ2n) is 4.34. The fourth-order valence-electron chi connectivity index (χ4n) is 1.67. The SMILES string of the molecule is CC(=O)Nc1cc(S(=O)(=O)N(C)c2ncccn2)ccc1F. The van der Waals surface area contributed by atoms with E-state index in [0.29, 0.717) is 0 Å². The van der Waals surface area contributed by atoms with Crippen molar-refractivity contribution in [1.82, 2.24) is 9.97 Å². The van der Waals surface area contributed by atoms with Crippen LogP contribution in [0.5, 0.6) is 0 Å². The number of hydrogen-bond acceptors (Lipinski definition) is 5. The molecule has 0 aliphatic carbocycles. The van der Waals surface area contributed by atoms with Gasteiger partial charge in [0.2, 0.25) is 11.9 Å². The number of sulfonamides is 1. The summed E-state index contributed by atoms with van der Waals surface area (Å²) in [6, 6.07) is 4.68. The van der Waals surface area contributed by atoms with Crippen molar-refractivity contribution in [2.75, 3.05) is 16.7 Å². The molecule has 0 saturated heterocycles. The molecule has 0 bridgehead atoms. The van der Waals surface area contributed by atoms with Crippen LogP contribution in [0.4, 0.5) is 16.0 Å². The van der Waals surface area contributed by atoms with E-state index >= 15 is 0 Å². The van der Waals surface area contributed by atoms with E-state index in [-0.39, 0.29) is 16.5 Å². The molecule has 1 aromatic heterocycles. The van der Waals surface area contributed by atoms with Crippen LogP contribution in [0.15, 0.2) is 41.6 Å². The minimum atomic E-state index is -3.98. The molecule has 0 radical (unpaired) electrons. The van der Waals surface area contributed by atoms with Crippen molar-refractivity contribution in [3.8, 4) is 0 Å². The lowest BCUT2D eigenvalue weighted by Crippen LogP contribution is -2.28. The van der Waals surface area contributed by atoms with Gasteiger partial charge in [-0.25, -0.2) is 27.1 Å². The maximum atomic E-state index is 13.6. The number of nitrogens with zero attached hydrogens (tertiary/aromatic N) is 3. The minimum Gasteiger partial charge on any atom is -0.324 e. The van der Waals surface area contributed by atoms with Gasteiger partial charge in [0.25, 0.3) is 10.0 Å². The Morgan fingerprint density at radius 3 is 2.50 bits per heavy atom. The highest BCUT2D eigenvalue weighted by molar-refractivity contribution is 7.92. The van der Waals surface area contributed by atoms with E-state index in [4.69, 9.17) is 0 Å². The zero-order valence-corrected chi connectivity index (χ0v) is 12.6.